The summed E-state index contributed by atoms with van der Waals surface area (Å²) in [6, 6.07) is 6.52. The Balaban J connectivity index is 2.62. The van der Waals surface area contributed by atoms with Crippen LogP contribution in [0, 0.1) is 5.92 Å². The third-order valence-electron chi connectivity index (χ3n) is 2.96. The molecular weight excluding hydrogens is 346 g/mol. The first-order valence-corrected chi connectivity index (χ1v) is 7.61. The van der Waals surface area contributed by atoms with Crippen LogP contribution in [0.4, 0.5) is 0 Å². The largest absolute Gasteiger partial charge is 0.497 e. The van der Waals surface area contributed by atoms with Gasteiger partial charge in [0.15, 0.2) is 0 Å². The normalized spacial score (nSPS) is 14.4. The van der Waals surface area contributed by atoms with Gasteiger partial charge in [0.25, 0.3) is 0 Å². The fourth-order valence-electron chi connectivity index (χ4n) is 1.42. The van der Waals surface area contributed by atoms with Crippen LogP contribution in [-0.4, -0.2) is 18.5 Å². The van der Waals surface area contributed by atoms with E-state index in [0.29, 0.717) is 12.0 Å². The Labute approximate surface area is 120 Å². The van der Waals surface area contributed by atoms with Gasteiger partial charge in [-0.05, 0) is 36.6 Å². The molecule has 2 unspecified atom stereocenters. The van der Waals surface area contributed by atoms with Crippen LogP contribution in [0.3, 0.4) is 0 Å². The van der Waals surface area contributed by atoms with Gasteiger partial charge in [-0.3, -0.25) is 0 Å². The van der Waals surface area contributed by atoms with E-state index in [1.165, 1.54) is 5.56 Å². The van der Waals surface area contributed by atoms with E-state index >= 15 is 0 Å². The molecule has 0 aliphatic heterocycles. The van der Waals surface area contributed by atoms with E-state index < -0.39 is 0 Å². The molecule has 96 valence electrons. The molecule has 2 nitrogen and oxygen atoms in total. The second kappa shape index (κ2) is 7.39. The SMILES string of the molecule is COc1ccc(Br)c(CNC(C)C(C)CBr)c1. The lowest BCUT2D eigenvalue weighted by Gasteiger charge is -2.20. The maximum absolute atomic E-state index is 5.23. The smallest absolute Gasteiger partial charge is 0.119 e. The predicted octanol–water partition coefficient (Wildman–Crippen LogP) is 3.97. The lowest BCUT2D eigenvalue weighted by atomic mass is 10.1. The standard InChI is InChI=1S/C13H19Br2NO/c1-9(7-14)10(2)16-8-11-6-12(17-3)4-5-13(11)15/h4-6,9-10,16H,7-8H2,1-3H3. The van der Waals surface area contributed by atoms with Crippen molar-refractivity contribution in [3.63, 3.8) is 0 Å². The Morgan fingerprint density at radius 3 is 2.65 bits per heavy atom. The summed E-state index contributed by atoms with van der Waals surface area (Å²) in [6.45, 7) is 5.28. The summed E-state index contributed by atoms with van der Waals surface area (Å²) in [5.74, 6) is 1.51. The van der Waals surface area contributed by atoms with Gasteiger partial charge in [0.1, 0.15) is 5.75 Å². The average Bonchev–Trinajstić information content (AvgIpc) is 2.36. The molecule has 4 heteroatoms. The molecule has 1 rings (SSSR count). The Morgan fingerprint density at radius 1 is 1.35 bits per heavy atom. The molecule has 0 aliphatic rings. The summed E-state index contributed by atoms with van der Waals surface area (Å²) < 4.78 is 6.34. The summed E-state index contributed by atoms with van der Waals surface area (Å²) in [7, 11) is 1.69. The van der Waals surface area contributed by atoms with Gasteiger partial charge in [-0.15, -0.1) is 0 Å². The molecule has 0 saturated carbocycles. The van der Waals surface area contributed by atoms with Crippen LogP contribution in [0.5, 0.6) is 5.75 Å². The Kier molecular flexibility index (Phi) is 6.52. The summed E-state index contributed by atoms with van der Waals surface area (Å²) in [5.41, 5.74) is 1.22. The number of methoxy groups -OCH3 is 1. The van der Waals surface area contributed by atoms with Crippen LogP contribution in [0.25, 0.3) is 0 Å². The van der Waals surface area contributed by atoms with Gasteiger partial charge in [-0.2, -0.15) is 0 Å². The molecule has 0 heterocycles. The molecule has 0 spiro atoms. The third kappa shape index (κ3) is 4.60. The number of alkyl halides is 1. The average molecular weight is 365 g/mol. The first kappa shape index (κ1) is 15.0. The molecule has 0 aromatic heterocycles. The number of rotatable bonds is 6. The van der Waals surface area contributed by atoms with E-state index in [4.69, 9.17) is 4.74 Å². The van der Waals surface area contributed by atoms with Crippen LogP contribution in [0.2, 0.25) is 0 Å². The van der Waals surface area contributed by atoms with E-state index in [2.05, 4.69) is 57.1 Å². The molecule has 1 aromatic rings. The van der Waals surface area contributed by atoms with E-state index in [0.717, 1.165) is 22.1 Å². The highest BCUT2D eigenvalue weighted by atomic mass is 79.9. The minimum absolute atomic E-state index is 0.479. The Hall–Kier alpha value is -0.0600. The van der Waals surface area contributed by atoms with Gasteiger partial charge in [-0.25, -0.2) is 0 Å². The van der Waals surface area contributed by atoms with Gasteiger partial charge in [0, 0.05) is 22.4 Å². The fraction of sp³-hybridized carbons (Fsp3) is 0.538. The van der Waals surface area contributed by atoms with Crippen LogP contribution in [-0.2, 0) is 6.54 Å². The topological polar surface area (TPSA) is 21.3 Å². The zero-order valence-electron chi connectivity index (χ0n) is 10.5. The van der Waals surface area contributed by atoms with Gasteiger partial charge in [-0.1, -0.05) is 38.8 Å². The van der Waals surface area contributed by atoms with Crippen molar-refractivity contribution in [2.75, 3.05) is 12.4 Å². The molecule has 0 saturated heterocycles. The molecule has 0 bridgehead atoms. The van der Waals surface area contributed by atoms with Gasteiger partial charge >= 0.3 is 0 Å². The molecule has 0 aliphatic carbocycles. The third-order valence-corrected chi connectivity index (χ3v) is 4.76. The molecular formula is C13H19Br2NO. The lowest BCUT2D eigenvalue weighted by molar-refractivity contribution is 0.411. The van der Waals surface area contributed by atoms with Crippen molar-refractivity contribution in [2.45, 2.75) is 26.4 Å². The highest BCUT2D eigenvalue weighted by molar-refractivity contribution is 9.10. The summed E-state index contributed by atoms with van der Waals surface area (Å²) in [6.07, 6.45) is 0. The molecule has 2 atom stereocenters. The molecule has 1 N–H and O–H groups in total. The predicted molar refractivity (Wildman–Crippen MR) is 80.0 cm³/mol. The first-order valence-electron chi connectivity index (χ1n) is 5.70. The zero-order valence-corrected chi connectivity index (χ0v) is 13.6. The van der Waals surface area contributed by atoms with E-state index in [1.807, 2.05) is 12.1 Å². The quantitative estimate of drug-likeness (QED) is 0.771. The molecule has 1 aromatic carbocycles. The molecule has 17 heavy (non-hydrogen) atoms. The fourth-order valence-corrected chi connectivity index (χ4v) is 2.37. The zero-order chi connectivity index (χ0) is 12.8. The second-order valence-corrected chi connectivity index (χ2v) is 5.76. The second-order valence-electron chi connectivity index (χ2n) is 4.26. The maximum Gasteiger partial charge on any atom is 0.119 e. The van der Waals surface area contributed by atoms with E-state index in [1.54, 1.807) is 7.11 Å². The van der Waals surface area contributed by atoms with Crippen molar-refractivity contribution in [3.05, 3.63) is 28.2 Å². The molecule has 0 amide bonds. The van der Waals surface area contributed by atoms with Crippen molar-refractivity contribution >= 4 is 31.9 Å². The number of ether oxygens (including phenoxy) is 1. The maximum atomic E-state index is 5.23. The summed E-state index contributed by atoms with van der Waals surface area (Å²) in [4.78, 5) is 0. The highest BCUT2D eigenvalue weighted by Crippen LogP contribution is 2.22. The number of halogens is 2. The highest BCUT2D eigenvalue weighted by Gasteiger charge is 2.11. The van der Waals surface area contributed by atoms with Gasteiger partial charge in [0.2, 0.25) is 0 Å². The van der Waals surface area contributed by atoms with Crippen LogP contribution in [0.1, 0.15) is 19.4 Å². The number of nitrogens with one attached hydrogen (secondary N) is 1. The summed E-state index contributed by atoms with van der Waals surface area (Å²) >= 11 is 7.07. The van der Waals surface area contributed by atoms with Crippen LogP contribution in [0.15, 0.2) is 22.7 Å². The van der Waals surface area contributed by atoms with Crippen LogP contribution < -0.4 is 10.1 Å². The van der Waals surface area contributed by atoms with Gasteiger partial charge < -0.3 is 10.1 Å². The minimum Gasteiger partial charge on any atom is -0.497 e. The number of hydrogen-bond acceptors (Lipinski definition) is 2. The number of hydrogen-bond donors (Lipinski definition) is 1. The Bertz CT molecular complexity index is 357. The van der Waals surface area contributed by atoms with E-state index in [9.17, 15) is 0 Å². The Morgan fingerprint density at radius 2 is 2.06 bits per heavy atom. The van der Waals surface area contributed by atoms with Crippen molar-refractivity contribution in [2.24, 2.45) is 5.92 Å². The monoisotopic (exact) mass is 363 g/mol. The van der Waals surface area contributed by atoms with Crippen molar-refractivity contribution < 1.29 is 4.74 Å². The summed E-state index contributed by atoms with van der Waals surface area (Å²) in [5, 5.41) is 4.54. The first-order chi connectivity index (χ1) is 8.08. The lowest BCUT2D eigenvalue weighted by Crippen LogP contribution is -2.32. The van der Waals surface area contributed by atoms with Gasteiger partial charge in [0.05, 0.1) is 7.11 Å². The minimum atomic E-state index is 0.479. The van der Waals surface area contributed by atoms with Crippen LogP contribution >= 0.6 is 31.9 Å². The van der Waals surface area contributed by atoms with E-state index in [-0.39, 0.29) is 0 Å². The van der Waals surface area contributed by atoms with Crippen molar-refractivity contribution in [1.82, 2.24) is 5.32 Å². The number of benzene rings is 1. The van der Waals surface area contributed by atoms with Crippen molar-refractivity contribution in [1.29, 1.82) is 0 Å². The van der Waals surface area contributed by atoms with Crippen molar-refractivity contribution in [3.8, 4) is 5.75 Å². The molecule has 0 fully saturated rings. The molecule has 0 radical (unpaired) electrons.